The molecular weight excluding hydrogens is 506 g/mol. The van der Waals surface area contributed by atoms with E-state index in [1.165, 1.54) is 23.2 Å². The Morgan fingerprint density at radius 2 is 1.61 bits per heavy atom. The van der Waals surface area contributed by atoms with Gasteiger partial charge in [-0.05, 0) is 71.9 Å². The fourth-order valence-corrected chi connectivity index (χ4v) is 6.61. The molecule has 2 atom stereocenters. The van der Waals surface area contributed by atoms with Crippen molar-refractivity contribution in [2.75, 3.05) is 4.90 Å². The third-order valence-electron chi connectivity index (χ3n) is 8.74. The zero-order valence-electron chi connectivity index (χ0n) is 25.1. The van der Waals surface area contributed by atoms with E-state index in [1.807, 2.05) is 36.4 Å². The number of ether oxygens (including phenoxy) is 1. The lowest BCUT2D eigenvalue weighted by Crippen LogP contribution is -2.46. The highest BCUT2D eigenvalue weighted by Crippen LogP contribution is 2.47. The molecule has 1 aromatic heterocycles. The Morgan fingerprint density at radius 3 is 2.34 bits per heavy atom. The molecule has 0 radical (unpaired) electrons. The molecule has 2 heterocycles. The van der Waals surface area contributed by atoms with E-state index < -0.39 is 0 Å². The largest absolute Gasteiger partial charge is 0.506 e. The van der Waals surface area contributed by atoms with Crippen molar-refractivity contribution in [2.45, 2.75) is 84.7 Å². The number of aromatic nitrogens is 1. The maximum atomic E-state index is 10.3. The number of hydrogen-bond donors (Lipinski definition) is 1. The van der Waals surface area contributed by atoms with Gasteiger partial charge in [0.05, 0.1) is 12.1 Å². The van der Waals surface area contributed by atoms with E-state index in [1.54, 1.807) is 6.07 Å². The van der Waals surface area contributed by atoms with Gasteiger partial charge >= 0.3 is 0 Å². The van der Waals surface area contributed by atoms with Gasteiger partial charge < -0.3 is 14.7 Å². The molecule has 1 N–H and O–H groups in total. The summed E-state index contributed by atoms with van der Waals surface area (Å²) in [4.78, 5) is 12.6. The molecule has 1 saturated carbocycles. The Bertz CT molecular complexity index is 1590. The number of phenolic OH excluding ortho intramolecular Hbond substituents is 1. The number of phenols is 1. The van der Waals surface area contributed by atoms with Gasteiger partial charge in [-0.2, -0.15) is 0 Å². The molecule has 2 aliphatic rings. The number of nitrogens with zero attached hydrogens (tertiary/aromatic N) is 3. The third-order valence-corrected chi connectivity index (χ3v) is 8.74. The normalized spacial score (nSPS) is 20.0. The fraction of sp³-hybridized carbons (Fsp3) is 0.389. The lowest BCUT2D eigenvalue weighted by molar-refractivity contribution is 0.209. The minimum absolute atomic E-state index is 0.146. The van der Waals surface area contributed by atoms with Gasteiger partial charge in [-0.15, -0.1) is 0 Å². The number of anilines is 1. The monoisotopic (exact) mass is 547 g/mol. The predicted octanol–water partition coefficient (Wildman–Crippen LogP) is 9.19. The number of rotatable bonds is 6. The zero-order valence-corrected chi connectivity index (χ0v) is 25.1. The first-order chi connectivity index (χ1) is 19.6. The minimum Gasteiger partial charge on any atom is -0.506 e. The topological polar surface area (TPSA) is 58.0 Å². The molecule has 1 aliphatic carbocycles. The van der Waals surface area contributed by atoms with E-state index in [4.69, 9.17) is 9.73 Å². The Hall–Kier alpha value is -3.86. The highest BCUT2D eigenvalue weighted by molar-refractivity contribution is 6.13. The van der Waals surface area contributed by atoms with Gasteiger partial charge in [0.2, 0.25) is 5.88 Å². The van der Waals surface area contributed by atoms with Crippen molar-refractivity contribution in [1.82, 2.24) is 4.98 Å². The zero-order chi connectivity index (χ0) is 28.9. The van der Waals surface area contributed by atoms with Gasteiger partial charge in [-0.3, -0.25) is 4.99 Å². The Labute approximate surface area is 243 Å². The van der Waals surface area contributed by atoms with Crippen molar-refractivity contribution in [2.24, 2.45) is 10.4 Å². The summed E-state index contributed by atoms with van der Waals surface area (Å²) >= 11 is 0. The fourth-order valence-electron chi connectivity index (χ4n) is 6.61. The van der Waals surface area contributed by atoms with Crippen LogP contribution in [0.2, 0.25) is 0 Å². The first-order valence-corrected chi connectivity index (χ1v) is 15.0. The molecule has 4 aromatic rings. The van der Waals surface area contributed by atoms with Crippen LogP contribution in [0.1, 0.15) is 89.3 Å². The van der Waals surface area contributed by atoms with Crippen LogP contribution in [0.5, 0.6) is 17.4 Å². The molecule has 41 heavy (non-hydrogen) atoms. The van der Waals surface area contributed by atoms with Crippen LogP contribution in [0, 0.1) is 5.41 Å². The molecule has 5 heteroatoms. The number of benzene rings is 3. The molecule has 1 fully saturated rings. The second kappa shape index (κ2) is 10.5. The molecule has 212 valence electrons. The summed E-state index contributed by atoms with van der Waals surface area (Å²) < 4.78 is 6.26. The predicted molar refractivity (Wildman–Crippen MR) is 169 cm³/mol. The lowest BCUT2D eigenvalue weighted by atomic mass is 9.73. The Kier molecular flexibility index (Phi) is 7.01. The molecule has 0 bridgehead atoms. The molecule has 0 unspecified atom stereocenters. The Balaban J connectivity index is 1.43. The Morgan fingerprint density at radius 1 is 0.902 bits per heavy atom. The molecule has 0 spiro atoms. The minimum atomic E-state index is 0.146. The van der Waals surface area contributed by atoms with Crippen LogP contribution >= 0.6 is 0 Å². The van der Waals surface area contributed by atoms with Crippen molar-refractivity contribution in [3.8, 4) is 17.4 Å². The molecular formula is C36H41N3O2. The first-order valence-electron chi connectivity index (χ1n) is 15.0. The van der Waals surface area contributed by atoms with Gasteiger partial charge in [0.1, 0.15) is 22.9 Å². The lowest BCUT2D eigenvalue weighted by Gasteiger charge is -2.41. The molecule has 5 nitrogen and oxygen atoms in total. The average Bonchev–Trinajstić information content (AvgIpc) is 3.30. The van der Waals surface area contributed by atoms with Gasteiger partial charge in [0, 0.05) is 22.7 Å². The number of amidine groups is 1. The van der Waals surface area contributed by atoms with Crippen LogP contribution in [-0.4, -0.2) is 28.0 Å². The summed E-state index contributed by atoms with van der Waals surface area (Å²) in [5.41, 5.74) is 5.95. The summed E-state index contributed by atoms with van der Waals surface area (Å²) in [6.07, 6.45) is 3.40. The van der Waals surface area contributed by atoms with Crippen LogP contribution in [0.15, 0.2) is 77.8 Å². The van der Waals surface area contributed by atoms with Crippen LogP contribution in [0.25, 0.3) is 10.9 Å². The third kappa shape index (κ3) is 5.18. The molecule has 3 aromatic carbocycles. The van der Waals surface area contributed by atoms with Crippen LogP contribution in [-0.2, 0) is 0 Å². The van der Waals surface area contributed by atoms with E-state index in [2.05, 4.69) is 81.8 Å². The van der Waals surface area contributed by atoms with E-state index in [9.17, 15) is 5.11 Å². The smallest absolute Gasteiger partial charge is 0.219 e. The van der Waals surface area contributed by atoms with Crippen LogP contribution in [0.3, 0.4) is 0 Å². The van der Waals surface area contributed by atoms with E-state index in [-0.39, 0.29) is 17.2 Å². The number of fused-ring (bicyclic) bond motifs is 2. The van der Waals surface area contributed by atoms with Crippen LogP contribution in [0.4, 0.5) is 5.69 Å². The van der Waals surface area contributed by atoms with Crippen LogP contribution < -0.4 is 9.64 Å². The average molecular weight is 548 g/mol. The number of aliphatic imine (C=N–C) groups is 1. The maximum Gasteiger partial charge on any atom is 0.219 e. The van der Waals surface area contributed by atoms with Gasteiger partial charge in [0.25, 0.3) is 0 Å². The molecule has 1 aliphatic heterocycles. The van der Waals surface area contributed by atoms with Gasteiger partial charge in [-0.1, -0.05) is 84.0 Å². The van der Waals surface area contributed by atoms with E-state index >= 15 is 0 Å². The van der Waals surface area contributed by atoms with E-state index in [0.717, 1.165) is 29.6 Å². The van der Waals surface area contributed by atoms with Gasteiger partial charge in [-0.25, -0.2) is 4.98 Å². The molecule has 0 saturated heterocycles. The number of hydrogen-bond acceptors (Lipinski definition) is 5. The quantitative estimate of drug-likeness (QED) is 0.261. The highest BCUT2D eigenvalue weighted by Gasteiger charge is 2.45. The first kappa shape index (κ1) is 27.3. The summed E-state index contributed by atoms with van der Waals surface area (Å²) in [5.74, 6) is 3.12. The number of para-hydroxylation sites is 2. The number of aromatic hydroxyl groups is 1. The summed E-state index contributed by atoms with van der Waals surface area (Å²) in [6.45, 7) is 13.9. The molecule has 0 amide bonds. The van der Waals surface area contributed by atoms with Crippen molar-refractivity contribution < 1.29 is 9.84 Å². The van der Waals surface area contributed by atoms with Crippen molar-refractivity contribution in [1.29, 1.82) is 0 Å². The summed E-state index contributed by atoms with van der Waals surface area (Å²) in [7, 11) is 0. The SMILES string of the molecule is CC(C)c1cccc(C(C)C)c1N1C(c2cccc(Oc3ccc4cccc(O)c4n3)c2)=N[C@H]2CC(C)(C)CC[C@@H]21. The standard InChI is InChI=1S/C36H41N3O2/c1-22(2)27-13-9-14-28(23(3)4)34(27)39-30-18-19-36(5,6)21-29(30)37-35(39)25-11-7-12-26(20-25)41-32-17-16-24-10-8-15-31(40)33(24)38-32/h7-17,20,22-23,29-30,40H,18-19,21H2,1-6H3/t29-,30-/m0/s1. The summed E-state index contributed by atoms with van der Waals surface area (Å²) in [5, 5.41) is 11.2. The van der Waals surface area contributed by atoms with Crippen molar-refractivity contribution in [3.05, 3.63) is 89.5 Å². The van der Waals surface area contributed by atoms with Crippen molar-refractivity contribution in [3.63, 3.8) is 0 Å². The van der Waals surface area contributed by atoms with Crippen molar-refractivity contribution >= 4 is 22.4 Å². The second-order valence-corrected chi connectivity index (χ2v) is 13.1. The van der Waals surface area contributed by atoms with E-state index in [0.29, 0.717) is 35.0 Å². The maximum absolute atomic E-state index is 10.3. The molecule has 6 rings (SSSR count). The summed E-state index contributed by atoms with van der Waals surface area (Å²) in [6, 6.07) is 24.8. The number of pyridine rings is 1. The van der Waals surface area contributed by atoms with Gasteiger partial charge in [0.15, 0.2) is 0 Å². The highest BCUT2D eigenvalue weighted by atomic mass is 16.5. The second-order valence-electron chi connectivity index (χ2n) is 13.1.